The molecule has 12 nitrogen and oxygen atoms in total. The molecule has 1 unspecified atom stereocenters. The zero-order valence-electron chi connectivity index (χ0n) is 51.3. The maximum atomic E-state index is 12.5. The van der Waals surface area contributed by atoms with Gasteiger partial charge in [0.05, 0.1) is 25.9 Å². The second-order valence-corrected chi connectivity index (χ2v) is 24.7. The van der Waals surface area contributed by atoms with Crippen LogP contribution in [0.3, 0.4) is 0 Å². The monoisotopic (exact) mass is 1150 g/mol. The van der Waals surface area contributed by atoms with Crippen LogP contribution in [-0.2, 0) is 33.3 Å². The summed E-state index contributed by atoms with van der Waals surface area (Å²) in [6.45, 7) is 12.6. The summed E-state index contributed by atoms with van der Waals surface area (Å²) in [6, 6.07) is 5.77. The molecule has 0 aliphatic carbocycles. The van der Waals surface area contributed by atoms with Crippen LogP contribution in [0.5, 0.6) is 0 Å². The van der Waals surface area contributed by atoms with Gasteiger partial charge in [0.25, 0.3) is 0 Å². The molecule has 458 valence electrons. The lowest BCUT2D eigenvalue weighted by Crippen LogP contribution is -2.36. The van der Waals surface area contributed by atoms with E-state index in [1.165, 1.54) is 128 Å². The van der Waals surface area contributed by atoms with Gasteiger partial charge < -0.3 is 39.8 Å². The van der Waals surface area contributed by atoms with Crippen LogP contribution in [0.2, 0.25) is 0 Å². The molecule has 14 heteroatoms. The van der Waals surface area contributed by atoms with Gasteiger partial charge in [-0.1, -0.05) is 169 Å². The third kappa shape index (κ3) is 44.6. The molecule has 1 fully saturated rings. The molecule has 2 heterocycles. The fraction of sp³-hybridized carbons (Fsp3) is 0.758. The summed E-state index contributed by atoms with van der Waals surface area (Å²) in [6.07, 6.45) is 57.5. The van der Waals surface area contributed by atoms with E-state index < -0.39 is 11.6 Å². The van der Waals surface area contributed by atoms with Gasteiger partial charge in [0.2, 0.25) is 17.7 Å². The highest BCUT2D eigenvalue weighted by atomic mass is 33.1. The van der Waals surface area contributed by atoms with Crippen molar-refractivity contribution in [1.29, 1.82) is 0 Å². The van der Waals surface area contributed by atoms with Crippen LogP contribution in [0.4, 0.5) is 0 Å². The first-order chi connectivity index (χ1) is 39.1. The molecule has 3 amide bonds. The molecule has 0 spiro atoms. The lowest BCUT2D eigenvalue weighted by atomic mass is 9.98. The summed E-state index contributed by atoms with van der Waals surface area (Å²) >= 11 is 0. The Hall–Kier alpha value is -2.98. The number of rotatable bonds is 55. The molecule has 80 heavy (non-hydrogen) atoms. The minimum absolute atomic E-state index is 0.0308. The lowest BCUT2D eigenvalue weighted by Gasteiger charge is -2.29. The molecule has 1 saturated heterocycles. The van der Waals surface area contributed by atoms with E-state index in [9.17, 15) is 14.4 Å². The van der Waals surface area contributed by atoms with Crippen LogP contribution >= 0.6 is 21.6 Å². The summed E-state index contributed by atoms with van der Waals surface area (Å²) in [5, 5.41) is 9.59. The predicted molar refractivity (Wildman–Crippen MR) is 339 cm³/mol. The van der Waals surface area contributed by atoms with Gasteiger partial charge in [-0.15, -0.1) is 0 Å². The van der Waals surface area contributed by atoms with E-state index in [1.807, 2.05) is 18.2 Å². The molecule has 2 rings (SSSR count). The standard InChI is InChI=1S/C66H115N5O7S2/c1-6-8-10-12-14-16-18-20-22-24-26-28-30-32-34-39-48-66(49-40-35-33-31-29-27-25-23-21-19-17-15-13-11-9-7-2)77-59-60(78-66)58-71(5)54-43-37-36-41-50-67-61(72)45-46-62(73)68-52-55-75-65(3,4)76-56-53-69-63(74)47-57-79-80-64-44-38-42-51-70-64/h14-17,20-23,38,42,44,51,60H,6-13,18-19,24-37,39-41,43,45-50,52-59H2,1-5H3,(H,67,72)(H,68,73)(H,69,74)/b16-14-,17-15-,22-20-,23-21-. The molecular formula is C66H115N5O7S2. The Bertz CT molecular complexity index is 1720. The number of carbonyl (C=O) groups is 3. The Balaban J connectivity index is 1.56. The molecule has 0 aromatic carbocycles. The van der Waals surface area contributed by atoms with Crippen molar-refractivity contribution in [3.8, 4) is 0 Å². The van der Waals surface area contributed by atoms with Gasteiger partial charge >= 0.3 is 0 Å². The Morgan fingerprint density at radius 3 is 1.62 bits per heavy atom. The highest BCUT2D eigenvalue weighted by molar-refractivity contribution is 8.76. The Kier molecular flexibility index (Phi) is 47.2. The third-order valence-electron chi connectivity index (χ3n) is 14.3. The smallest absolute Gasteiger partial charge is 0.220 e. The summed E-state index contributed by atoms with van der Waals surface area (Å²) in [7, 11) is 5.36. The molecule has 0 bridgehead atoms. The number of likely N-dealkylation sites (N-methyl/N-ethyl adjacent to an activating group) is 1. The molecule has 1 aliphatic heterocycles. The SMILES string of the molecule is CCCCC/C=C\C/C=C\CCCCCCCCC1(CCCCCCCC/C=C\C/C=C\CCCCC)OCC(CN(C)CCCCCCNC(=O)CCC(=O)NCCOC(C)(C)OCCNC(=O)CCSSc2ccccn2)O1. The van der Waals surface area contributed by atoms with Gasteiger partial charge in [0.15, 0.2) is 11.6 Å². The van der Waals surface area contributed by atoms with E-state index in [4.69, 9.17) is 18.9 Å². The van der Waals surface area contributed by atoms with Crippen molar-refractivity contribution in [3.63, 3.8) is 0 Å². The number of nitrogens with zero attached hydrogens (tertiary/aromatic N) is 2. The number of hydrogen-bond acceptors (Lipinski definition) is 11. The zero-order valence-corrected chi connectivity index (χ0v) is 52.9. The van der Waals surface area contributed by atoms with Gasteiger partial charge in [0, 0.05) is 70.2 Å². The number of allylic oxidation sites excluding steroid dienone is 8. The van der Waals surface area contributed by atoms with Crippen molar-refractivity contribution in [1.82, 2.24) is 25.8 Å². The second kappa shape index (κ2) is 51.6. The second-order valence-electron chi connectivity index (χ2n) is 22.3. The number of ether oxygens (including phenoxy) is 4. The van der Waals surface area contributed by atoms with E-state index in [0.717, 1.165) is 82.3 Å². The van der Waals surface area contributed by atoms with Gasteiger partial charge in [-0.25, -0.2) is 4.98 Å². The highest BCUT2D eigenvalue weighted by Gasteiger charge is 2.40. The highest BCUT2D eigenvalue weighted by Crippen LogP contribution is 2.35. The van der Waals surface area contributed by atoms with Crippen LogP contribution in [-0.4, -0.2) is 111 Å². The average molecular weight is 1150 g/mol. The number of carbonyl (C=O) groups excluding carboxylic acids is 3. The third-order valence-corrected chi connectivity index (χ3v) is 16.5. The Labute approximate surface area is 496 Å². The van der Waals surface area contributed by atoms with Gasteiger partial charge in [-0.2, -0.15) is 0 Å². The van der Waals surface area contributed by atoms with E-state index in [-0.39, 0.29) is 43.3 Å². The average Bonchev–Trinajstić information content (AvgIpc) is 3.85. The van der Waals surface area contributed by atoms with Gasteiger partial charge in [-0.05, 0) is 140 Å². The molecule has 0 saturated carbocycles. The van der Waals surface area contributed by atoms with Crippen molar-refractivity contribution in [2.75, 3.05) is 65.3 Å². The maximum absolute atomic E-state index is 12.5. The Morgan fingerprint density at radius 1 is 0.625 bits per heavy atom. The molecule has 1 atom stereocenters. The molecular weight excluding hydrogens is 1040 g/mol. The lowest BCUT2D eigenvalue weighted by molar-refractivity contribution is -0.211. The number of hydrogen-bond donors (Lipinski definition) is 3. The van der Waals surface area contributed by atoms with Crippen molar-refractivity contribution in [2.45, 2.75) is 262 Å². The van der Waals surface area contributed by atoms with Crippen LogP contribution in [0.25, 0.3) is 0 Å². The number of pyridine rings is 1. The van der Waals surface area contributed by atoms with Crippen LogP contribution in [0.15, 0.2) is 78.0 Å². The van der Waals surface area contributed by atoms with E-state index in [2.05, 4.69) is 95.3 Å². The first kappa shape index (κ1) is 73.1. The first-order valence-electron chi connectivity index (χ1n) is 31.9. The minimum atomic E-state index is -0.875. The number of aromatic nitrogens is 1. The van der Waals surface area contributed by atoms with Crippen molar-refractivity contribution in [3.05, 3.63) is 73.0 Å². The molecule has 1 aromatic rings. The van der Waals surface area contributed by atoms with Crippen LogP contribution < -0.4 is 16.0 Å². The van der Waals surface area contributed by atoms with Gasteiger partial charge in [-0.3, -0.25) is 14.4 Å². The summed E-state index contributed by atoms with van der Waals surface area (Å²) < 4.78 is 25.1. The fourth-order valence-corrected chi connectivity index (χ4v) is 11.4. The summed E-state index contributed by atoms with van der Waals surface area (Å²) in [4.78, 5) is 43.7. The van der Waals surface area contributed by atoms with Crippen molar-refractivity contribution in [2.24, 2.45) is 0 Å². The number of unbranched alkanes of at least 4 members (excludes halogenated alkanes) is 21. The predicted octanol–water partition coefficient (Wildman–Crippen LogP) is 16.1. The molecule has 1 aliphatic rings. The van der Waals surface area contributed by atoms with Crippen molar-refractivity contribution < 1.29 is 33.3 Å². The van der Waals surface area contributed by atoms with E-state index in [0.29, 0.717) is 45.0 Å². The molecule has 0 radical (unpaired) electrons. The van der Waals surface area contributed by atoms with E-state index in [1.54, 1.807) is 41.6 Å². The molecule has 3 N–H and O–H groups in total. The van der Waals surface area contributed by atoms with Crippen LogP contribution in [0, 0.1) is 0 Å². The van der Waals surface area contributed by atoms with Crippen molar-refractivity contribution >= 4 is 39.3 Å². The summed E-state index contributed by atoms with van der Waals surface area (Å²) in [5.74, 6) is -0.949. The zero-order chi connectivity index (χ0) is 57.7. The normalized spacial score (nSPS) is 14.7. The van der Waals surface area contributed by atoms with E-state index >= 15 is 0 Å². The first-order valence-corrected chi connectivity index (χ1v) is 34.3. The number of nitrogens with one attached hydrogen (secondary N) is 3. The largest absolute Gasteiger partial charge is 0.356 e. The maximum Gasteiger partial charge on any atom is 0.220 e. The number of amides is 3. The minimum Gasteiger partial charge on any atom is -0.356 e. The quantitative estimate of drug-likeness (QED) is 0.0248. The Morgan fingerprint density at radius 2 is 1.10 bits per heavy atom. The van der Waals surface area contributed by atoms with Gasteiger partial charge in [0.1, 0.15) is 5.03 Å². The summed E-state index contributed by atoms with van der Waals surface area (Å²) in [5.41, 5.74) is 0. The fourth-order valence-electron chi connectivity index (χ4n) is 9.53. The van der Waals surface area contributed by atoms with Crippen LogP contribution in [0.1, 0.15) is 240 Å². The topological polar surface area (TPSA) is 140 Å². The molecule has 1 aromatic heterocycles.